The zero-order valence-electron chi connectivity index (χ0n) is 17.2. The van der Waals surface area contributed by atoms with Gasteiger partial charge in [-0.3, -0.25) is 4.90 Å². The third-order valence-electron chi connectivity index (χ3n) is 6.43. The van der Waals surface area contributed by atoms with E-state index >= 15 is 0 Å². The van der Waals surface area contributed by atoms with Crippen LogP contribution in [0.5, 0.6) is 5.75 Å². The van der Waals surface area contributed by atoms with E-state index in [-0.39, 0.29) is 5.97 Å². The Morgan fingerprint density at radius 2 is 2.10 bits per heavy atom. The van der Waals surface area contributed by atoms with Crippen LogP contribution >= 0.6 is 0 Å². The minimum atomic E-state index is -0.233. The first-order valence-corrected chi connectivity index (χ1v) is 10.3. The van der Waals surface area contributed by atoms with Gasteiger partial charge in [-0.15, -0.1) is 0 Å². The Morgan fingerprint density at radius 3 is 2.90 bits per heavy atom. The molecule has 1 aromatic heterocycles. The summed E-state index contributed by atoms with van der Waals surface area (Å²) in [4.78, 5) is 18.6. The van der Waals surface area contributed by atoms with Crippen LogP contribution in [-0.2, 0) is 24.1 Å². The van der Waals surface area contributed by atoms with Gasteiger partial charge < -0.3 is 14.5 Å². The number of aromatic amines is 1. The predicted molar refractivity (Wildman–Crippen MR) is 113 cm³/mol. The Balaban J connectivity index is 1.60. The van der Waals surface area contributed by atoms with E-state index in [0.717, 1.165) is 48.3 Å². The summed E-state index contributed by atoms with van der Waals surface area (Å²) in [6.07, 6.45) is 1.97. The van der Waals surface area contributed by atoms with Gasteiger partial charge in [0.05, 0.1) is 19.3 Å². The van der Waals surface area contributed by atoms with Crippen molar-refractivity contribution in [1.29, 1.82) is 0 Å². The molecule has 0 aliphatic carbocycles. The molecule has 0 saturated carbocycles. The van der Waals surface area contributed by atoms with E-state index in [2.05, 4.69) is 40.2 Å². The van der Waals surface area contributed by atoms with Crippen LogP contribution in [0.1, 0.15) is 51.3 Å². The molecule has 150 valence electrons. The summed E-state index contributed by atoms with van der Waals surface area (Å²) < 4.78 is 10.8. The highest BCUT2D eigenvalue weighted by molar-refractivity contribution is 6.07. The Kier molecular flexibility index (Phi) is 4.36. The summed E-state index contributed by atoms with van der Waals surface area (Å²) in [6.45, 7) is 6.05. The SMILES string of the molecule is CCOC(=O)c1c(C)[nH]c2ccc3c(c12)CN1CCc2cc(OC)ccc2C1C3. The largest absolute Gasteiger partial charge is 0.497 e. The van der Waals surface area contributed by atoms with Crippen molar-refractivity contribution in [2.45, 2.75) is 39.3 Å². The van der Waals surface area contributed by atoms with Crippen LogP contribution in [0, 0.1) is 6.92 Å². The fourth-order valence-electron chi connectivity index (χ4n) is 5.07. The second kappa shape index (κ2) is 6.92. The minimum Gasteiger partial charge on any atom is -0.497 e. The quantitative estimate of drug-likeness (QED) is 0.677. The number of hydrogen-bond donors (Lipinski definition) is 1. The normalized spacial score (nSPS) is 18.1. The highest BCUT2D eigenvalue weighted by Crippen LogP contribution is 2.42. The number of nitrogens with one attached hydrogen (secondary N) is 1. The van der Waals surface area contributed by atoms with Crippen LogP contribution in [0.3, 0.4) is 0 Å². The number of hydrogen-bond acceptors (Lipinski definition) is 4. The van der Waals surface area contributed by atoms with Crippen LogP contribution < -0.4 is 4.74 Å². The average molecular weight is 390 g/mol. The Hall–Kier alpha value is -2.79. The molecule has 0 bridgehead atoms. The number of aryl methyl sites for hydroxylation is 1. The van der Waals surface area contributed by atoms with Crippen molar-refractivity contribution in [3.8, 4) is 5.75 Å². The van der Waals surface area contributed by atoms with E-state index in [4.69, 9.17) is 9.47 Å². The van der Waals surface area contributed by atoms with Crippen LogP contribution in [-0.4, -0.2) is 36.1 Å². The number of ether oxygens (including phenoxy) is 2. The number of nitrogens with zero attached hydrogens (tertiary/aromatic N) is 1. The zero-order valence-corrected chi connectivity index (χ0v) is 17.2. The van der Waals surface area contributed by atoms with Crippen molar-refractivity contribution >= 4 is 16.9 Å². The molecule has 0 saturated heterocycles. The molecule has 5 rings (SSSR count). The molecule has 2 aliphatic heterocycles. The third-order valence-corrected chi connectivity index (χ3v) is 6.43. The fourth-order valence-corrected chi connectivity index (χ4v) is 5.07. The highest BCUT2D eigenvalue weighted by Gasteiger charge is 2.34. The summed E-state index contributed by atoms with van der Waals surface area (Å²) in [5.41, 5.74) is 7.97. The number of methoxy groups -OCH3 is 1. The molecule has 1 atom stereocenters. The van der Waals surface area contributed by atoms with Gasteiger partial charge in [-0.25, -0.2) is 4.79 Å². The molecule has 0 spiro atoms. The molecule has 3 aromatic rings. The summed E-state index contributed by atoms with van der Waals surface area (Å²) in [6, 6.07) is 11.2. The standard InChI is InChI=1S/C24H26N2O3/c1-4-29-24(27)22-14(2)25-20-8-5-15-12-21-18-7-6-17(28-3)11-16(18)9-10-26(21)13-19(15)23(20)22/h5-8,11,21,25H,4,9-10,12-13H2,1-3H3. The number of carbonyl (C=O) groups is 1. The van der Waals surface area contributed by atoms with E-state index in [0.29, 0.717) is 18.2 Å². The van der Waals surface area contributed by atoms with Crippen molar-refractivity contribution in [3.05, 3.63) is 63.8 Å². The van der Waals surface area contributed by atoms with E-state index < -0.39 is 0 Å². The first kappa shape index (κ1) is 18.3. The van der Waals surface area contributed by atoms with Gasteiger partial charge in [0, 0.05) is 35.7 Å². The average Bonchev–Trinajstić information content (AvgIpc) is 3.08. The van der Waals surface area contributed by atoms with Gasteiger partial charge in [0.1, 0.15) is 5.75 Å². The molecule has 5 nitrogen and oxygen atoms in total. The lowest BCUT2D eigenvalue weighted by Gasteiger charge is -2.41. The van der Waals surface area contributed by atoms with Gasteiger partial charge in [-0.1, -0.05) is 12.1 Å². The molecule has 3 heterocycles. The van der Waals surface area contributed by atoms with Gasteiger partial charge in [-0.05, 0) is 67.1 Å². The molecular weight excluding hydrogens is 364 g/mol. The molecule has 1 N–H and O–H groups in total. The van der Waals surface area contributed by atoms with Crippen molar-refractivity contribution in [3.63, 3.8) is 0 Å². The van der Waals surface area contributed by atoms with Crippen molar-refractivity contribution in [1.82, 2.24) is 9.88 Å². The van der Waals surface area contributed by atoms with Gasteiger partial charge in [0.2, 0.25) is 0 Å². The van der Waals surface area contributed by atoms with Gasteiger partial charge in [-0.2, -0.15) is 0 Å². The Bertz CT molecular complexity index is 1120. The maximum Gasteiger partial charge on any atom is 0.340 e. The van der Waals surface area contributed by atoms with Crippen molar-refractivity contribution < 1.29 is 14.3 Å². The molecule has 0 radical (unpaired) electrons. The van der Waals surface area contributed by atoms with E-state index in [1.165, 1.54) is 22.3 Å². The molecule has 2 aromatic carbocycles. The van der Waals surface area contributed by atoms with Crippen LogP contribution in [0.2, 0.25) is 0 Å². The molecule has 2 aliphatic rings. The number of carbonyl (C=O) groups excluding carboxylic acids is 1. The first-order chi connectivity index (χ1) is 14.1. The maximum absolute atomic E-state index is 12.7. The number of H-pyrrole nitrogens is 1. The van der Waals surface area contributed by atoms with Crippen molar-refractivity contribution in [2.24, 2.45) is 0 Å². The van der Waals surface area contributed by atoms with E-state index in [1.54, 1.807) is 7.11 Å². The molecule has 1 unspecified atom stereocenters. The fraction of sp³-hybridized carbons (Fsp3) is 0.375. The van der Waals surface area contributed by atoms with Gasteiger partial charge in [0.15, 0.2) is 0 Å². The summed E-state index contributed by atoms with van der Waals surface area (Å²) >= 11 is 0. The Labute approximate surface area is 170 Å². The second-order valence-electron chi connectivity index (χ2n) is 7.98. The molecule has 0 amide bonds. The van der Waals surface area contributed by atoms with Crippen LogP contribution in [0.4, 0.5) is 0 Å². The highest BCUT2D eigenvalue weighted by atomic mass is 16.5. The molecule has 0 fully saturated rings. The van der Waals surface area contributed by atoms with Gasteiger partial charge >= 0.3 is 5.97 Å². The van der Waals surface area contributed by atoms with Crippen molar-refractivity contribution in [2.75, 3.05) is 20.3 Å². The number of esters is 1. The third kappa shape index (κ3) is 2.84. The van der Waals surface area contributed by atoms with E-state index in [9.17, 15) is 4.79 Å². The maximum atomic E-state index is 12.7. The van der Waals surface area contributed by atoms with Gasteiger partial charge in [0.25, 0.3) is 0 Å². The monoisotopic (exact) mass is 390 g/mol. The summed E-state index contributed by atoms with van der Waals surface area (Å²) in [7, 11) is 1.72. The summed E-state index contributed by atoms with van der Waals surface area (Å²) in [5.74, 6) is 0.694. The number of rotatable bonds is 3. The topological polar surface area (TPSA) is 54.6 Å². The number of fused-ring (bicyclic) bond motifs is 6. The first-order valence-electron chi connectivity index (χ1n) is 10.3. The Morgan fingerprint density at radius 1 is 1.24 bits per heavy atom. The smallest absolute Gasteiger partial charge is 0.340 e. The molecule has 5 heteroatoms. The van der Waals surface area contributed by atoms with E-state index in [1.807, 2.05) is 13.8 Å². The number of aromatic nitrogens is 1. The second-order valence-corrected chi connectivity index (χ2v) is 7.98. The molecular formula is C24H26N2O3. The lowest BCUT2D eigenvalue weighted by molar-refractivity contribution is 0.0527. The lowest BCUT2D eigenvalue weighted by Crippen LogP contribution is -2.39. The predicted octanol–water partition coefficient (Wildman–Crippen LogP) is 4.32. The van der Waals surface area contributed by atoms with Crippen LogP contribution in [0.15, 0.2) is 30.3 Å². The number of benzene rings is 2. The van der Waals surface area contributed by atoms with Crippen LogP contribution in [0.25, 0.3) is 10.9 Å². The lowest BCUT2D eigenvalue weighted by atomic mass is 9.83. The summed E-state index contributed by atoms with van der Waals surface area (Å²) in [5, 5.41) is 1.04. The minimum absolute atomic E-state index is 0.233. The molecule has 29 heavy (non-hydrogen) atoms. The zero-order chi connectivity index (χ0) is 20.1.